The van der Waals surface area contributed by atoms with Gasteiger partial charge in [0.1, 0.15) is 18.1 Å². The number of anilines is 1. The van der Waals surface area contributed by atoms with Gasteiger partial charge in [-0.1, -0.05) is 23.4 Å². The minimum Gasteiger partial charge on any atom is -0.489 e. The Morgan fingerprint density at radius 3 is 2.41 bits per heavy atom. The van der Waals surface area contributed by atoms with Crippen LogP contribution >= 0.6 is 0 Å². The topological polar surface area (TPSA) is 111 Å². The number of nitrogens with zero attached hydrogens (tertiary/aromatic N) is 1. The summed E-state index contributed by atoms with van der Waals surface area (Å²) in [6, 6.07) is 13.4. The highest BCUT2D eigenvalue weighted by molar-refractivity contribution is 7.88. The first kappa shape index (κ1) is 23.2. The Bertz CT molecular complexity index is 1160. The number of hydrogen-bond donors (Lipinski definition) is 2. The molecule has 3 aromatic rings. The number of carbonyl (C=O) groups excluding carboxylic acids is 1. The fraction of sp³-hybridized carbons (Fsp3) is 0.217. The van der Waals surface area contributed by atoms with Crippen LogP contribution in [0.1, 0.15) is 32.9 Å². The Labute approximate surface area is 187 Å². The van der Waals surface area contributed by atoms with Crippen molar-refractivity contribution in [1.82, 2.24) is 9.88 Å². The van der Waals surface area contributed by atoms with E-state index in [0.717, 1.165) is 17.0 Å². The molecule has 0 unspecified atom stereocenters. The molecule has 168 valence electrons. The molecule has 0 aliphatic rings. The van der Waals surface area contributed by atoms with E-state index in [2.05, 4.69) is 21.8 Å². The van der Waals surface area contributed by atoms with Gasteiger partial charge in [-0.25, -0.2) is 13.1 Å². The second kappa shape index (κ2) is 10.3. The molecule has 0 saturated carbocycles. The van der Waals surface area contributed by atoms with Crippen LogP contribution in [0.25, 0.3) is 0 Å². The zero-order valence-corrected chi connectivity index (χ0v) is 18.7. The fourth-order valence-corrected chi connectivity index (χ4v) is 4.02. The Morgan fingerprint density at radius 2 is 1.81 bits per heavy atom. The highest BCUT2D eigenvalue weighted by Gasteiger charge is 2.12. The molecule has 32 heavy (non-hydrogen) atoms. The van der Waals surface area contributed by atoms with Crippen LogP contribution in [-0.4, -0.2) is 26.0 Å². The van der Waals surface area contributed by atoms with Gasteiger partial charge < -0.3 is 14.6 Å². The third kappa shape index (κ3) is 6.29. The van der Waals surface area contributed by atoms with Crippen molar-refractivity contribution >= 4 is 21.6 Å². The van der Waals surface area contributed by atoms with Crippen molar-refractivity contribution in [3.8, 4) is 5.75 Å². The zero-order valence-electron chi connectivity index (χ0n) is 17.9. The van der Waals surface area contributed by atoms with E-state index in [1.54, 1.807) is 48.5 Å². The van der Waals surface area contributed by atoms with Crippen LogP contribution in [0.3, 0.4) is 0 Å². The smallest absolute Gasteiger partial charge is 0.255 e. The van der Waals surface area contributed by atoms with Crippen LogP contribution < -0.4 is 14.8 Å². The van der Waals surface area contributed by atoms with Crippen LogP contribution in [0.5, 0.6) is 5.75 Å². The van der Waals surface area contributed by atoms with Crippen LogP contribution in [0.15, 0.2) is 65.7 Å². The van der Waals surface area contributed by atoms with Crippen molar-refractivity contribution in [2.24, 2.45) is 0 Å². The number of benzene rings is 2. The fourth-order valence-electron chi connectivity index (χ4n) is 2.91. The standard InChI is InChI=1S/C23H25N3O5S/c1-4-13-24-32(28,29)15-18-5-9-20(10-6-18)25-23(27)19-7-11-21(12-8-19)30-14-22-16(2)26-31-17(22)3/h4-12,24H,1,13-15H2,2-3H3,(H,25,27). The normalized spacial score (nSPS) is 11.2. The third-order valence-electron chi connectivity index (χ3n) is 4.70. The van der Waals surface area contributed by atoms with Crippen LogP contribution in [-0.2, 0) is 22.4 Å². The van der Waals surface area contributed by atoms with Crippen LogP contribution in [0, 0.1) is 13.8 Å². The lowest BCUT2D eigenvalue weighted by Gasteiger charge is -2.09. The predicted octanol–water partition coefficient (Wildman–Crippen LogP) is 3.73. The van der Waals surface area contributed by atoms with Gasteiger partial charge in [0.25, 0.3) is 5.91 Å². The molecule has 0 atom stereocenters. The number of aromatic nitrogens is 1. The van der Waals surface area contributed by atoms with E-state index in [-0.39, 0.29) is 18.2 Å². The summed E-state index contributed by atoms with van der Waals surface area (Å²) >= 11 is 0. The number of nitrogens with one attached hydrogen (secondary N) is 2. The number of hydrogen-bond acceptors (Lipinski definition) is 6. The third-order valence-corrected chi connectivity index (χ3v) is 6.02. The number of sulfonamides is 1. The average molecular weight is 456 g/mol. The first-order chi connectivity index (χ1) is 15.3. The maximum Gasteiger partial charge on any atom is 0.255 e. The summed E-state index contributed by atoms with van der Waals surface area (Å²) in [7, 11) is -3.43. The van der Waals surface area contributed by atoms with Gasteiger partial charge in [0.2, 0.25) is 10.0 Å². The van der Waals surface area contributed by atoms with Crippen LogP contribution in [0.4, 0.5) is 5.69 Å². The maximum atomic E-state index is 12.5. The molecule has 9 heteroatoms. The molecule has 1 aromatic heterocycles. The molecular formula is C23H25N3O5S. The van der Waals surface area contributed by atoms with Gasteiger partial charge in [-0.2, -0.15) is 0 Å². The van der Waals surface area contributed by atoms with E-state index in [4.69, 9.17) is 9.26 Å². The van der Waals surface area contributed by atoms with E-state index in [9.17, 15) is 13.2 Å². The van der Waals surface area contributed by atoms with E-state index < -0.39 is 10.0 Å². The molecule has 0 saturated heterocycles. The summed E-state index contributed by atoms with van der Waals surface area (Å²) in [6.45, 7) is 7.68. The Balaban J connectivity index is 1.55. The quantitative estimate of drug-likeness (QED) is 0.451. The maximum absolute atomic E-state index is 12.5. The largest absolute Gasteiger partial charge is 0.489 e. The summed E-state index contributed by atoms with van der Waals surface area (Å²) in [5, 5.41) is 6.69. The molecule has 0 aliphatic heterocycles. The van der Waals surface area contributed by atoms with E-state index in [1.165, 1.54) is 6.08 Å². The molecule has 1 amide bonds. The second-order valence-electron chi connectivity index (χ2n) is 7.16. The van der Waals surface area contributed by atoms with Crippen molar-refractivity contribution in [1.29, 1.82) is 0 Å². The molecule has 8 nitrogen and oxygen atoms in total. The van der Waals surface area contributed by atoms with Gasteiger partial charge in [0, 0.05) is 17.8 Å². The van der Waals surface area contributed by atoms with E-state index in [0.29, 0.717) is 29.2 Å². The zero-order chi connectivity index (χ0) is 23.1. The van der Waals surface area contributed by atoms with Gasteiger partial charge in [-0.05, 0) is 55.8 Å². The van der Waals surface area contributed by atoms with Gasteiger partial charge in [0.05, 0.1) is 17.0 Å². The van der Waals surface area contributed by atoms with Crippen molar-refractivity contribution in [3.63, 3.8) is 0 Å². The molecule has 2 N–H and O–H groups in total. The molecule has 0 fully saturated rings. The number of rotatable bonds is 10. The summed E-state index contributed by atoms with van der Waals surface area (Å²) in [5.41, 5.74) is 3.33. The van der Waals surface area contributed by atoms with Crippen molar-refractivity contribution in [2.45, 2.75) is 26.2 Å². The van der Waals surface area contributed by atoms with E-state index >= 15 is 0 Å². The highest BCUT2D eigenvalue weighted by atomic mass is 32.2. The van der Waals surface area contributed by atoms with Gasteiger partial charge in [-0.15, -0.1) is 6.58 Å². The second-order valence-corrected chi connectivity index (χ2v) is 8.97. The minimum atomic E-state index is -3.43. The van der Waals surface area contributed by atoms with Gasteiger partial charge >= 0.3 is 0 Å². The average Bonchev–Trinajstić information content (AvgIpc) is 3.09. The molecule has 0 aliphatic carbocycles. The Hall–Kier alpha value is -3.43. The summed E-state index contributed by atoms with van der Waals surface area (Å²) in [6.07, 6.45) is 1.48. The minimum absolute atomic E-state index is 0.148. The first-order valence-corrected chi connectivity index (χ1v) is 11.6. The first-order valence-electron chi connectivity index (χ1n) is 9.90. The molecular weight excluding hydrogens is 430 g/mol. The number of ether oxygens (including phenoxy) is 1. The number of aryl methyl sites for hydroxylation is 2. The lowest BCUT2D eigenvalue weighted by Crippen LogP contribution is -2.25. The summed E-state index contributed by atoms with van der Waals surface area (Å²) in [5.74, 6) is 0.910. The van der Waals surface area contributed by atoms with Crippen molar-refractivity contribution in [2.75, 3.05) is 11.9 Å². The van der Waals surface area contributed by atoms with Crippen LogP contribution in [0.2, 0.25) is 0 Å². The van der Waals surface area contributed by atoms with Gasteiger partial charge in [0.15, 0.2) is 0 Å². The highest BCUT2D eigenvalue weighted by Crippen LogP contribution is 2.19. The SMILES string of the molecule is C=CCNS(=O)(=O)Cc1ccc(NC(=O)c2ccc(OCc3c(C)noc3C)cc2)cc1. The molecule has 3 rings (SSSR count). The monoisotopic (exact) mass is 455 g/mol. The number of carbonyl (C=O) groups is 1. The Morgan fingerprint density at radius 1 is 1.12 bits per heavy atom. The number of amides is 1. The predicted molar refractivity (Wildman–Crippen MR) is 122 cm³/mol. The summed E-state index contributed by atoms with van der Waals surface area (Å²) in [4.78, 5) is 12.5. The molecule has 2 aromatic carbocycles. The molecule has 0 radical (unpaired) electrons. The van der Waals surface area contributed by atoms with Gasteiger partial charge in [-0.3, -0.25) is 4.79 Å². The van der Waals surface area contributed by atoms with E-state index in [1.807, 2.05) is 13.8 Å². The van der Waals surface area contributed by atoms with Crippen molar-refractivity contribution in [3.05, 3.63) is 89.3 Å². The lowest BCUT2D eigenvalue weighted by atomic mass is 10.2. The Kier molecular flexibility index (Phi) is 7.45. The lowest BCUT2D eigenvalue weighted by molar-refractivity contribution is 0.102. The molecule has 0 spiro atoms. The van der Waals surface area contributed by atoms with Crippen molar-refractivity contribution < 1.29 is 22.5 Å². The molecule has 0 bridgehead atoms. The molecule has 1 heterocycles. The summed E-state index contributed by atoms with van der Waals surface area (Å²) < 4.78 is 37.2.